The first-order valence-corrected chi connectivity index (χ1v) is 53.5. The first-order chi connectivity index (χ1) is 67.6. The smallest absolute Gasteiger partial charge is 0.330 e. The molecule has 0 bridgehead atoms. The number of phenols is 1. The van der Waals surface area contributed by atoms with Gasteiger partial charge in [0.1, 0.15) is 5.78 Å². The summed E-state index contributed by atoms with van der Waals surface area (Å²) in [5.41, 5.74) is 10.1. The lowest BCUT2D eigenvalue weighted by molar-refractivity contribution is -0.184. The fraction of sp³-hybridized carbons (Fsp3) is 0.732. The standard InChI is InChI=1S/C23H33NO4.C21H31NO3.C14H24O2.C12H21NO.C12H20O4.C12H18O4.C10H16O4.C8H12O3/c1-5-17(6-2)13-18-7-10-20(11-8-18)24-23(26)15-19-9-12-21(28-16(3)25)22(14-19)27-4;1-4-15(5-2)12-16-6-9-18(10-7-16)22-21(24)14-17-8-11-19(23)20(13-17)25-3;1-3-12(4-2)11-13-5-7-14(8-6-13)15-9-10-16-14;1-3-10(4-2)9-11-5-7-12(13-14)8-6-11;2*1-2-14-11(13)9-10-3-5-12(6-4-10)15-7-8-16-12;11-9(12)7-8-1-3-10(4-2-8)13-5-6-14-10;9-7-1-3-8(4-2-7)10-5-6-11-8/h9,12-14,18,20H,5-8,10-11,15H2,1-4H3,(H,24,26);8,11-13,16,18,23H,4-7,9-10,14H2,1-3H3,(H,22,24);11,13H,3-10H2,1-2H3;9,11,14H,3-8H2,1-2H3;10H,2-9H2,1H3;9H,2-8H2,1H3;8H,1-7H2,(H,11,12);1-6H2. The molecule has 140 heavy (non-hydrogen) atoms. The topological polar surface area (TPSA) is 355 Å². The van der Waals surface area contributed by atoms with Gasteiger partial charge in [0.2, 0.25) is 11.8 Å². The maximum Gasteiger partial charge on any atom is 0.330 e. The number of amides is 2. The molecule has 2 aromatic carbocycles. The van der Waals surface area contributed by atoms with Crippen molar-refractivity contribution in [2.75, 3.05) is 93.5 Å². The molecule has 5 spiro atoms. The van der Waals surface area contributed by atoms with Crippen molar-refractivity contribution in [3.05, 3.63) is 106 Å². The molecule has 28 heteroatoms. The van der Waals surface area contributed by atoms with Crippen LogP contribution in [-0.2, 0) is 103 Å². The number of rotatable bonds is 28. The Morgan fingerprint density at radius 1 is 0.407 bits per heavy atom. The first-order valence-electron chi connectivity index (χ1n) is 53.5. The molecule has 0 aromatic heterocycles. The number of carbonyl (C=O) groups is 7. The quantitative estimate of drug-likeness (QED) is 0.0132. The summed E-state index contributed by atoms with van der Waals surface area (Å²) in [7, 11) is 3.02. The van der Waals surface area contributed by atoms with Crippen LogP contribution in [0.4, 0.5) is 0 Å². The number of carboxylic acid groups (broad SMARTS) is 1. The molecule has 0 unspecified atom stereocenters. The number of ketones is 1. The predicted octanol–water partition coefficient (Wildman–Crippen LogP) is 22.3. The van der Waals surface area contributed by atoms with Crippen LogP contribution in [0.25, 0.3) is 0 Å². The molecule has 5 saturated heterocycles. The molecule has 5 N–H and O–H groups in total. The second kappa shape index (κ2) is 62.7. The van der Waals surface area contributed by atoms with Crippen LogP contribution in [0, 0.1) is 35.5 Å². The highest BCUT2D eigenvalue weighted by Crippen LogP contribution is 2.45. The van der Waals surface area contributed by atoms with E-state index in [1.165, 1.54) is 59.7 Å². The maximum absolute atomic E-state index is 12.4. The number of allylic oxidation sites excluding steroid dienone is 9. The van der Waals surface area contributed by atoms with Gasteiger partial charge in [-0.25, -0.2) is 4.79 Å². The molecule has 2 aromatic rings. The summed E-state index contributed by atoms with van der Waals surface area (Å²) >= 11 is 0. The van der Waals surface area contributed by atoms with Gasteiger partial charge in [-0.1, -0.05) is 125 Å². The van der Waals surface area contributed by atoms with Crippen LogP contribution >= 0.6 is 0 Å². The van der Waals surface area contributed by atoms with E-state index in [1.807, 2.05) is 13.8 Å². The number of nitrogens with zero attached hydrogens (tertiary/aromatic N) is 1. The van der Waals surface area contributed by atoms with Crippen LogP contribution < -0.4 is 24.8 Å². The van der Waals surface area contributed by atoms with E-state index in [0.29, 0.717) is 138 Å². The Labute approximate surface area is 836 Å². The fourth-order valence-electron chi connectivity index (χ4n) is 21.1. The number of ether oxygens (including phenoxy) is 15. The molecule has 0 radical (unpaired) electrons. The molecular weight excluding hydrogens is 1790 g/mol. The number of oxime groups is 1. The molecule has 788 valence electrons. The van der Waals surface area contributed by atoms with Crippen LogP contribution in [0.3, 0.4) is 0 Å². The number of aliphatic carboxylic acids is 1. The predicted molar refractivity (Wildman–Crippen MR) is 539 cm³/mol. The van der Waals surface area contributed by atoms with Crippen molar-refractivity contribution in [3.63, 3.8) is 0 Å². The summed E-state index contributed by atoms with van der Waals surface area (Å²) in [5.74, 6) is 2.28. The summed E-state index contributed by atoms with van der Waals surface area (Å²) < 4.78 is 81.4. The minimum absolute atomic E-state index is 0.0177. The van der Waals surface area contributed by atoms with Gasteiger partial charge in [0.25, 0.3) is 0 Å². The van der Waals surface area contributed by atoms with E-state index < -0.39 is 11.9 Å². The number of carbonyl (C=O) groups excluding carboxylic acids is 6. The molecule has 5 heterocycles. The molecule has 13 aliphatic rings. The van der Waals surface area contributed by atoms with Gasteiger partial charge in [0.05, 0.1) is 112 Å². The minimum atomic E-state index is -0.695. The van der Waals surface area contributed by atoms with Gasteiger partial charge < -0.3 is 97.1 Å². The average Bonchev–Trinajstić information content (AvgIpc) is 1.73. The molecule has 13 fully saturated rings. The number of hydrogen-bond acceptors (Lipinski definition) is 25. The van der Waals surface area contributed by atoms with Crippen molar-refractivity contribution in [2.45, 2.75) is 400 Å². The number of esters is 3. The maximum atomic E-state index is 12.4. The zero-order chi connectivity index (χ0) is 101. The fourth-order valence-corrected chi connectivity index (χ4v) is 21.1. The highest BCUT2D eigenvalue weighted by atomic mass is 16.8. The number of nitrogens with one attached hydrogen (secondary N) is 2. The van der Waals surface area contributed by atoms with Gasteiger partial charge in [-0.3, -0.25) is 28.8 Å². The van der Waals surface area contributed by atoms with Crippen molar-refractivity contribution in [2.24, 2.45) is 40.7 Å². The Morgan fingerprint density at radius 3 is 1.09 bits per heavy atom. The summed E-state index contributed by atoms with van der Waals surface area (Å²) in [6, 6.07) is 10.8. The Bertz CT molecular complexity index is 4170. The Balaban J connectivity index is 0.000000199. The third kappa shape index (κ3) is 41.3. The lowest BCUT2D eigenvalue weighted by Gasteiger charge is -2.34. The van der Waals surface area contributed by atoms with Crippen LogP contribution in [0.1, 0.15) is 357 Å². The van der Waals surface area contributed by atoms with Gasteiger partial charge in [-0.15, -0.1) is 0 Å². The van der Waals surface area contributed by atoms with Gasteiger partial charge in [-0.05, 0) is 265 Å². The second-order valence-corrected chi connectivity index (χ2v) is 39.4. The number of aromatic hydroxyl groups is 1. The number of Topliss-reactive ketones (excluding diaryl/α,β-unsaturated/α-hetero) is 1. The molecule has 8 saturated carbocycles. The van der Waals surface area contributed by atoms with Gasteiger partial charge >= 0.3 is 23.9 Å². The number of benzene rings is 2. The highest BCUT2D eigenvalue weighted by Gasteiger charge is 2.45. The van der Waals surface area contributed by atoms with Crippen molar-refractivity contribution in [1.29, 1.82) is 0 Å². The van der Waals surface area contributed by atoms with E-state index in [-0.39, 0.29) is 83.4 Å². The zero-order valence-corrected chi connectivity index (χ0v) is 87.3. The van der Waals surface area contributed by atoms with E-state index in [4.69, 9.17) is 81.4 Å². The summed E-state index contributed by atoms with van der Waals surface area (Å²) in [6.45, 7) is 30.9. The van der Waals surface area contributed by atoms with Crippen LogP contribution in [0.5, 0.6) is 23.0 Å². The zero-order valence-electron chi connectivity index (χ0n) is 87.3. The molecule has 15 rings (SSSR count). The van der Waals surface area contributed by atoms with E-state index in [9.17, 15) is 38.7 Å². The molecule has 5 aliphatic heterocycles. The molecule has 8 aliphatic carbocycles. The molecule has 0 atom stereocenters. The van der Waals surface area contributed by atoms with E-state index >= 15 is 0 Å². The number of phenolic OH excluding ortho intramolecular Hbond substituents is 1. The van der Waals surface area contributed by atoms with Gasteiger partial charge in [0, 0.05) is 115 Å². The molecular formula is C112H175N3O25. The van der Waals surface area contributed by atoms with Crippen molar-refractivity contribution < 1.29 is 120 Å². The monoisotopic (exact) mass is 1960 g/mol. The Morgan fingerprint density at radius 2 is 0.743 bits per heavy atom. The summed E-state index contributed by atoms with van der Waals surface area (Å²) in [5, 5.41) is 36.5. The van der Waals surface area contributed by atoms with Gasteiger partial charge in [-0.2, -0.15) is 0 Å². The third-order valence-electron chi connectivity index (χ3n) is 29.6. The number of methoxy groups -OCH3 is 2. The average molecular weight is 1960 g/mol. The van der Waals surface area contributed by atoms with Crippen molar-refractivity contribution in [3.8, 4) is 23.0 Å². The van der Waals surface area contributed by atoms with Crippen LogP contribution in [0.15, 0.2) is 99.8 Å². The van der Waals surface area contributed by atoms with Crippen molar-refractivity contribution >= 4 is 47.2 Å². The minimum Gasteiger partial charge on any atom is -0.504 e. The lowest BCUT2D eigenvalue weighted by Crippen LogP contribution is -2.38. The van der Waals surface area contributed by atoms with E-state index in [2.05, 4.69) is 95.5 Å². The van der Waals surface area contributed by atoms with Crippen LogP contribution in [-0.4, -0.2) is 197 Å². The third-order valence-corrected chi connectivity index (χ3v) is 29.6. The molecule has 2 amide bonds. The summed E-state index contributed by atoms with van der Waals surface area (Å²) in [4.78, 5) is 79.9. The lowest BCUT2D eigenvalue weighted by atomic mass is 9.83. The Kier molecular flexibility index (Phi) is 52.6. The van der Waals surface area contributed by atoms with E-state index in [1.54, 1.807) is 64.8 Å². The highest BCUT2D eigenvalue weighted by molar-refractivity contribution is 5.85. The second-order valence-electron chi connectivity index (χ2n) is 39.4. The normalized spacial score (nSPS) is 23.7. The van der Waals surface area contributed by atoms with E-state index in [0.717, 1.165) is 253 Å². The van der Waals surface area contributed by atoms with Crippen LogP contribution in [0.2, 0.25) is 0 Å². The largest absolute Gasteiger partial charge is 0.504 e. The molecule has 28 nitrogen and oxygen atoms in total. The SMILES string of the molecule is CCC(=CC1CCC(=NO)CC1)CC.CCC(=CC1CCC(NC(=O)Cc2ccc(O)c(OC)c2)CC1)CC.CCC(=CC1CCC(NC(=O)Cc2ccc(OC(C)=O)c(OC)c2)CC1)CC.CCC(=CC1CCC2(CC1)OCCO2)CC.CCOC(=O)C=C1CCC2(CC1)OCCO2.CCOC(=O)CC1CCC2(CC1)OCCO2.O=C(O)CC1CCC2(CC1)OCCO2.O=C1CCC2(CC1)OCCO2. The number of hydrogen-bond donors (Lipinski definition) is 5. The first kappa shape index (κ1) is 117. The van der Waals surface area contributed by atoms with Crippen molar-refractivity contribution in [1.82, 2.24) is 10.6 Å². The summed E-state index contributed by atoms with van der Waals surface area (Å²) in [6.07, 6.45) is 53.3. The number of carboxylic acids is 1. The Hall–Kier alpha value is -7.90. The van der Waals surface area contributed by atoms with Gasteiger partial charge in [0.15, 0.2) is 51.9 Å².